The fourth-order valence-corrected chi connectivity index (χ4v) is 2.90. The molecule has 0 atom stereocenters. The molecule has 1 aromatic rings. The SMILES string of the molecule is Cc1cc(=O)c(O)c(C(=O)N2CCN(C)CC2)n1C1CC1. The van der Waals surface area contributed by atoms with Gasteiger partial charge in [-0.1, -0.05) is 0 Å². The summed E-state index contributed by atoms with van der Waals surface area (Å²) < 4.78 is 1.84. The van der Waals surface area contributed by atoms with Crippen molar-refractivity contribution in [1.29, 1.82) is 0 Å². The van der Waals surface area contributed by atoms with Crippen molar-refractivity contribution in [2.75, 3.05) is 33.2 Å². The number of likely N-dealkylation sites (N-methyl/N-ethyl adjacent to an activating group) is 1. The maximum Gasteiger partial charge on any atom is 0.274 e. The number of piperazine rings is 1. The molecule has 0 spiro atoms. The molecule has 1 aromatic heterocycles. The van der Waals surface area contributed by atoms with Crippen LogP contribution in [0.2, 0.25) is 0 Å². The molecule has 2 aliphatic rings. The highest BCUT2D eigenvalue weighted by Crippen LogP contribution is 2.38. The van der Waals surface area contributed by atoms with Gasteiger partial charge < -0.3 is 19.5 Å². The van der Waals surface area contributed by atoms with Crippen LogP contribution < -0.4 is 5.43 Å². The van der Waals surface area contributed by atoms with Crippen LogP contribution in [-0.2, 0) is 0 Å². The number of hydrogen-bond donors (Lipinski definition) is 1. The average molecular weight is 291 g/mol. The number of pyridine rings is 1. The second kappa shape index (κ2) is 5.18. The number of aryl methyl sites for hydroxylation is 1. The molecule has 3 rings (SSSR count). The fourth-order valence-electron chi connectivity index (χ4n) is 2.90. The Balaban J connectivity index is 2.00. The van der Waals surface area contributed by atoms with Gasteiger partial charge in [0.05, 0.1) is 0 Å². The zero-order valence-corrected chi connectivity index (χ0v) is 12.5. The molecule has 1 amide bonds. The summed E-state index contributed by atoms with van der Waals surface area (Å²) in [6.45, 7) is 4.70. The normalized spacial score (nSPS) is 19.8. The molecule has 2 fully saturated rings. The Labute approximate surface area is 123 Å². The van der Waals surface area contributed by atoms with Gasteiger partial charge in [0, 0.05) is 44.0 Å². The van der Waals surface area contributed by atoms with E-state index in [0.717, 1.165) is 31.6 Å². The molecule has 0 radical (unpaired) electrons. The number of aromatic nitrogens is 1. The summed E-state index contributed by atoms with van der Waals surface area (Å²) in [5.74, 6) is -0.635. The Kier molecular flexibility index (Phi) is 3.49. The topological polar surface area (TPSA) is 65.8 Å². The van der Waals surface area contributed by atoms with Crippen molar-refractivity contribution in [2.24, 2.45) is 0 Å². The van der Waals surface area contributed by atoms with Crippen LogP contribution in [-0.4, -0.2) is 58.6 Å². The standard InChI is InChI=1S/C15H21N3O3/c1-10-9-12(19)14(20)13(18(10)11-3-4-11)15(21)17-7-5-16(2)6-8-17/h9,11,20H,3-8H2,1-2H3. The minimum Gasteiger partial charge on any atom is -0.503 e. The van der Waals surface area contributed by atoms with Gasteiger partial charge in [0.1, 0.15) is 0 Å². The third-order valence-electron chi connectivity index (χ3n) is 4.32. The number of aromatic hydroxyl groups is 1. The number of amides is 1. The summed E-state index contributed by atoms with van der Waals surface area (Å²) in [5.41, 5.74) is 0.451. The van der Waals surface area contributed by atoms with E-state index in [2.05, 4.69) is 4.90 Å². The summed E-state index contributed by atoms with van der Waals surface area (Å²) in [5, 5.41) is 10.1. The first-order valence-corrected chi connectivity index (χ1v) is 7.42. The molecule has 2 heterocycles. The van der Waals surface area contributed by atoms with Crippen molar-refractivity contribution >= 4 is 5.91 Å². The van der Waals surface area contributed by atoms with Crippen LogP contribution in [0.3, 0.4) is 0 Å². The molecular formula is C15H21N3O3. The molecular weight excluding hydrogens is 270 g/mol. The molecule has 21 heavy (non-hydrogen) atoms. The Morgan fingerprint density at radius 3 is 2.43 bits per heavy atom. The third kappa shape index (κ3) is 2.55. The van der Waals surface area contributed by atoms with E-state index in [1.165, 1.54) is 6.07 Å². The Morgan fingerprint density at radius 2 is 1.86 bits per heavy atom. The maximum atomic E-state index is 12.8. The molecule has 1 saturated carbocycles. The van der Waals surface area contributed by atoms with Gasteiger partial charge in [-0.25, -0.2) is 0 Å². The van der Waals surface area contributed by atoms with Crippen molar-refractivity contribution in [1.82, 2.24) is 14.4 Å². The van der Waals surface area contributed by atoms with Crippen molar-refractivity contribution in [3.05, 3.63) is 27.7 Å². The Bertz CT molecular complexity index is 626. The molecule has 0 bridgehead atoms. The highest BCUT2D eigenvalue weighted by atomic mass is 16.3. The largest absolute Gasteiger partial charge is 0.503 e. The summed E-state index contributed by atoms with van der Waals surface area (Å²) in [7, 11) is 2.02. The summed E-state index contributed by atoms with van der Waals surface area (Å²) in [6, 6.07) is 1.65. The van der Waals surface area contributed by atoms with Crippen LogP contribution in [0.4, 0.5) is 0 Å². The lowest BCUT2D eigenvalue weighted by molar-refractivity contribution is 0.0647. The van der Waals surface area contributed by atoms with Crippen molar-refractivity contribution in [2.45, 2.75) is 25.8 Å². The molecule has 1 aliphatic heterocycles. The molecule has 6 nitrogen and oxygen atoms in total. The van der Waals surface area contributed by atoms with Crippen molar-refractivity contribution < 1.29 is 9.90 Å². The number of carbonyl (C=O) groups is 1. The highest BCUT2D eigenvalue weighted by molar-refractivity contribution is 5.95. The minimum atomic E-state index is -0.470. The second-order valence-electron chi connectivity index (χ2n) is 6.04. The van der Waals surface area contributed by atoms with Gasteiger partial charge in [0.25, 0.3) is 5.91 Å². The molecule has 6 heteroatoms. The highest BCUT2D eigenvalue weighted by Gasteiger charge is 2.33. The van der Waals surface area contributed by atoms with E-state index in [1.807, 2.05) is 18.5 Å². The van der Waals surface area contributed by atoms with Gasteiger partial charge in [0.15, 0.2) is 11.4 Å². The van der Waals surface area contributed by atoms with Crippen molar-refractivity contribution in [3.63, 3.8) is 0 Å². The number of hydrogen-bond acceptors (Lipinski definition) is 4. The van der Waals surface area contributed by atoms with Crippen LogP contribution in [0.1, 0.15) is 35.1 Å². The van der Waals surface area contributed by atoms with Gasteiger partial charge in [-0.05, 0) is 26.8 Å². The van der Waals surface area contributed by atoms with Gasteiger partial charge >= 0.3 is 0 Å². The van der Waals surface area contributed by atoms with E-state index in [1.54, 1.807) is 4.90 Å². The lowest BCUT2D eigenvalue weighted by atomic mass is 10.2. The minimum absolute atomic E-state index is 0.173. The quantitative estimate of drug-likeness (QED) is 0.866. The van der Waals surface area contributed by atoms with E-state index >= 15 is 0 Å². The summed E-state index contributed by atoms with van der Waals surface area (Å²) >= 11 is 0. The summed E-state index contributed by atoms with van der Waals surface area (Å²) in [6.07, 6.45) is 1.98. The first-order valence-electron chi connectivity index (χ1n) is 7.42. The van der Waals surface area contributed by atoms with E-state index in [9.17, 15) is 14.7 Å². The summed E-state index contributed by atoms with van der Waals surface area (Å²) in [4.78, 5) is 28.5. The Hall–Kier alpha value is -1.82. The van der Waals surface area contributed by atoms with Crippen LogP contribution in [0.15, 0.2) is 10.9 Å². The number of nitrogens with zero attached hydrogens (tertiary/aromatic N) is 3. The molecule has 114 valence electrons. The van der Waals surface area contributed by atoms with Crippen LogP contribution in [0.25, 0.3) is 0 Å². The lowest BCUT2D eigenvalue weighted by Crippen LogP contribution is -2.48. The van der Waals surface area contributed by atoms with E-state index in [4.69, 9.17) is 0 Å². The van der Waals surface area contributed by atoms with E-state index in [-0.39, 0.29) is 17.6 Å². The number of carbonyl (C=O) groups excluding carboxylic acids is 1. The van der Waals surface area contributed by atoms with Gasteiger partial charge in [-0.2, -0.15) is 0 Å². The zero-order valence-electron chi connectivity index (χ0n) is 12.5. The lowest BCUT2D eigenvalue weighted by Gasteiger charge is -2.33. The van der Waals surface area contributed by atoms with E-state index in [0.29, 0.717) is 13.1 Å². The first kappa shape index (κ1) is 14.1. The van der Waals surface area contributed by atoms with Gasteiger partial charge in [0.2, 0.25) is 5.43 Å². The predicted octanol–water partition coefficient (Wildman–Crippen LogP) is 0.585. The first-order chi connectivity index (χ1) is 9.99. The van der Waals surface area contributed by atoms with Crippen LogP contribution >= 0.6 is 0 Å². The predicted molar refractivity (Wildman–Crippen MR) is 78.8 cm³/mol. The van der Waals surface area contributed by atoms with E-state index < -0.39 is 11.2 Å². The Morgan fingerprint density at radius 1 is 1.24 bits per heavy atom. The van der Waals surface area contributed by atoms with Crippen molar-refractivity contribution in [3.8, 4) is 5.75 Å². The maximum absolute atomic E-state index is 12.8. The molecule has 1 N–H and O–H groups in total. The molecule has 0 unspecified atom stereocenters. The number of rotatable bonds is 2. The van der Waals surface area contributed by atoms with Crippen LogP contribution in [0.5, 0.6) is 5.75 Å². The fraction of sp³-hybridized carbons (Fsp3) is 0.600. The van der Waals surface area contributed by atoms with Gasteiger partial charge in [-0.15, -0.1) is 0 Å². The monoisotopic (exact) mass is 291 g/mol. The average Bonchev–Trinajstić information content (AvgIpc) is 3.27. The smallest absolute Gasteiger partial charge is 0.274 e. The molecule has 0 aromatic carbocycles. The zero-order chi connectivity index (χ0) is 15.1. The third-order valence-corrected chi connectivity index (χ3v) is 4.32. The molecule has 1 saturated heterocycles. The van der Waals surface area contributed by atoms with Crippen LogP contribution in [0, 0.1) is 6.92 Å². The molecule has 1 aliphatic carbocycles. The van der Waals surface area contributed by atoms with Gasteiger partial charge in [-0.3, -0.25) is 9.59 Å². The second-order valence-corrected chi connectivity index (χ2v) is 6.04.